The van der Waals surface area contributed by atoms with Crippen LogP contribution in [-0.4, -0.2) is 11.2 Å². The molecule has 0 fully saturated rings. The number of hydrogen-bond acceptors (Lipinski definition) is 3. The Labute approximate surface area is 119 Å². The highest BCUT2D eigenvalue weighted by atomic mass is 79.9. The summed E-state index contributed by atoms with van der Waals surface area (Å²) in [6.45, 7) is 0.211. The molecule has 0 aliphatic carbocycles. The molecular formula is C14H12BrNO3. The Kier molecular flexibility index (Phi) is 4.41. The van der Waals surface area contributed by atoms with Crippen LogP contribution in [0.5, 0.6) is 5.75 Å². The van der Waals surface area contributed by atoms with Gasteiger partial charge in [0.25, 0.3) is 0 Å². The molecule has 2 N–H and O–H groups in total. The Balaban J connectivity index is 1.91. The zero-order valence-electron chi connectivity index (χ0n) is 9.97. The molecule has 0 unspecified atom stereocenters. The van der Waals surface area contributed by atoms with Crippen molar-refractivity contribution in [2.45, 2.75) is 6.61 Å². The monoisotopic (exact) mass is 321 g/mol. The number of benzene rings is 2. The second-order valence-corrected chi connectivity index (χ2v) is 4.71. The van der Waals surface area contributed by atoms with Gasteiger partial charge in [0.15, 0.2) is 0 Å². The van der Waals surface area contributed by atoms with Crippen LogP contribution < -0.4 is 5.32 Å². The van der Waals surface area contributed by atoms with Crippen molar-refractivity contribution in [2.75, 3.05) is 5.32 Å². The highest BCUT2D eigenvalue weighted by Gasteiger charge is 2.07. The summed E-state index contributed by atoms with van der Waals surface area (Å²) in [4.78, 5) is 11.6. The summed E-state index contributed by atoms with van der Waals surface area (Å²) in [5, 5.41) is 11.8. The minimum absolute atomic E-state index is 0.120. The molecule has 0 aromatic heterocycles. The van der Waals surface area contributed by atoms with Gasteiger partial charge in [0, 0.05) is 4.47 Å². The first-order chi connectivity index (χ1) is 9.15. The first-order valence-electron chi connectivity index (χ1n) is 5.61. The van der Waals surface area contributed by atoms with E-state index in [9.17, 15) is 9.90 Å². The standard InChI is InChI=1S/C14H12BrNO3/c15-12-8-11(17)6-7-13(12)16-14(18)19-9-10-4-2-1-3-5-10/h1-8,17H,9H2,(H,16,18). The molecule has 0 radical (unpaired) electrons. The van der Waals surface area contributed by atoms with Crippen molar-refractivity contribution in [3.8, 4) is 5.75 Å². The van der Waals surface area contributed by atoms with Crippen LogP contribution in [0.25, 0.3) is 0 Å². The number of carbonyl (C=O) groups is 1. The number of hydrogen-bond donors (Lipinski definition) is 2. The van der Waals surface area contributed by atoms with Gasteiger partial charge in [0.1, 0.15) is 12.4 Å². The first-order valence-corrected chi connectivity index (χ1v) is 6.40. The van der Waals surface area contributed by atoms with E-state index in [1.54, 1.807) is 6.07 Å². The predicted molar refractivity (Wildman–Crippen MR) is 76.1 cm³/mol. The molecule has 2 rings (SSSR count). The second kappa shape index (κ2) is 6.24. The number of rotatable bonds is 3. The summed E-state index contributed by atoms with van der Waals surface area (Å²) in [6.07, 6.45) is -0.546. The van der Waals surface area contributed by atoms with Crippen LogP contribution in [0.4, 0.5) is 10.5 Å². The van der Waals surface area contributed by atoms with E-state index in [4.69, 9.17) is 4.74 Å². The van der Waals surface area contributed by atoms with Crippen LogP contribution in [0, 0.1) is 0 Å². The van der Waals surface area contributed by atoms with Gasteiger partial charge in [-0.1, -0.05) is 30.3 Å². The van der Waals surface area contributed by atoms with E-state index in [2.05, 4.69) is 21.2 Å². The van der Waals surface area contributed by atoms with Gasteiger partial charge in [-0.25, -0.2) is 4.79 Å². The zero-order valence-corrected chi connectivity index (χ0v) is 11.6. The summed E-state index contributed by atoms with van der Waals surface area (Å²) < 4.78 is 5.67. The van der Waals surface area contributed by atoms with Gasteiger partial charge in [-0.2, -0.15) is 0 Å². The molecular weight excluding hydrogens is 310 g/mol. The Morgan fingerprint density at radius 3 is 2.63 bits per heavy atom. The minimum Gasteiger partial charge on any atom is -0.508 e. The molecule has 0 spiro atoms. The number of ether oxygens (including phenoxy) is 1. The number of anilines is 1. The lowest BCUT2D eigenvalue weighted by atomic mass is 10.2. The van der Waals surface area contributed by atoms with Crippen molar-refractivity contribution < 1.29 is 14.6 Å². The van der Waals surface area contributed by atoms with Crippen LogP contribution >= 0.6 is 15.9 Å². The third-order valence-corrected chi connectivity index (χ3v) is 3.06. The van der Waals surface area contributed by atoms with Gasteiger partial charge < -0.3 is 9.84 Å². The van der Waals surface area contributed by atoms with Gasteiger partial charge >= 0.3 is 6.09 Å². The summed E-state index contributed by atoms with van der Waals surface area (Å²) in [7, 11) is 0. The molecule has 0 atom stereocenters. The molecule has 0 bridgehead atoms. The highest BCUT2D eigenvalue weighted by molar-refractivity contribution is 9.10. The number of phenols is 1. The van der Waals surface area contributed by atoms with E-state index in [-0.39, 0.29) is 12.4 Å². The van der Waals surface area contributed by atoms with Crippen LogP contribution in [0.3, 0.4) is 0 Å². The molecule has 0 saturated heterocycles. The Hall–Kier alpha value is -2.01. The summed E-state index contributed by atoms with van der Waals surface area (Å²) in [5.74, 6) is 0.120. The molecule has 2 aromatic carbocycles. The molecule has 0 aliphatic heterocycles. The molecule has 19 heavy (non-hydrogen) atoms. The van der Waals surface area contributed by atoms with E-state index in [0.29, 0.717) is 10.2 Å². The average Bonchev–Trinajstić information content (AvgIpc) is 2.41. The van der Waals surface area contributed by atoms with Crippen molar-refractivity contribution in [2.24, 2.45) is 0 Å². The maximum atomic E-state index is 11.6. The number of phenolic OH excluding ortho intramolecular Hbond substituents is 1. The lowest BCUT2D eigenvalue weighted by Gasteiger charge is -2.08. The largest absolute Gasteiger partial charge is 0.508 e. The Morgan fingerprint density at radius 1 is 1.21 bits per heavy atom. The van der Waals surface area contributed by atoms with Crippen molar-refractivity contribution in [1.29, 1.82) is 0 Å². The normalized spacial score (nSPS) is 9.95. The molecule has 98 valence electrons. The SMILES string of the molecule is O=C(Nc1ccc(O)cc1Br)OCc1ccccc1. The van der Waals surface area contributed by atoms with Crippen LogP contribution in [-0.2, 0) is 11.3 Å². The van der Waals surface area contributed by atoms with E-state index < -0.39 is 6.09 Å². The molecule has 1 amide bonds. The third kappa shape index (κ3) is 3.99. The zero-order chi connectivity index (χ0) is 13.7. The van der Waals surface area contributed by atoms with Crippen LogP contribution in [0.15, 0.2) is 53.0 Å². The third-order valence-electron chi connectivity index (χ3n) is 2.40. The average molecular weight is 322 g/mol. The lowest BCUT2D eigenvalue weighted by Crippen LogP contribution is -2.13. The van der Waals surface area contributed by atoms with Crippen molar-refractivity contribution in [3.05, 3.63) is 58.6 Å². The molecule has 2 aromatic rings. The first kappa shape index (κ1) is 13.4. The van der Waals surface area contributed by atoms with Crippen LogP contribution in [0.1, 0.15) is 5.56 Å². The van der Waals surface area contributed by atoms with E-state index in [0.717, 1.165) is 5.56 Å². The fourth-order valence-electron chi connectivity index (χ4n) is 1.47. The summed E-state index contributed by atoms with van der Waals surface area (Å²) >= 11 is 3.24. The van der Waals surface area contributed by atoms with Gasteiger partial charge in [-0.15, -0.1) is 0 Å². The molecule has 5 heteroatoms. The minimum atomic E-state index is -0.546. The summed E-state index contributed by atoms with van der Waals surface area (Å²) in [5.41, 5.74) is 1.46. The predicted octanol–water partition coefficient (Wildman–Crippen LogP) is 3.90. The molecule has 0 aliphatic rings. The van der Waals surface area contributed by atoms with E-state index in [1.807, 2.05) is 30.3 Å². The maximum Gasteiger partial charge on any atom is 0.411 e. The second-order valence-electron chi connectivity index (χ2n) is 3.85. The fraction of sp³-hybridized carbons (Fsp3) is 0.0714. The van der Waals surface area contributed by atoms with Crippen molar-refractivity contribution in [3.63, 3.8) is 0 Å². The number of carbonyl (C=O) groups excluding carboxylic acids is 1. The van der Waals surface area contributed by atoms with E-state index >= 15 is 0 Å². The summed E-state index contributed by atoms with van der Waals surface area (Å²) in [6, 6.07) is 14.0. The number of nitrogens with one attached hydrogen (secondary N) is 1. The molecule has 0 heterocycles. The highest BCUT2D eigenvalue weighted by Crippen LogP contribution is 2.26. The number of amides is 1. The van der Waals surface area contributed by atoms with Crippen molar-refractivity contribution >= 4 is 27.7 Å². The van der Waals surface area contributed by atoms with E-state index in [1.165, 1.54) is 12.1 Å². The van der Waals surface area contributed by atoms with Gasteiger partial charge in [-0.3, -0.25) is 5.32 Å². The fourth-order valence-corrected chi connectivity index (χ4v) is 1.94. The van der Waals surface area contributed by atoms with Crippen LogP contribution in [0.2, 0.25) is 0 Å². The van der Waals surface area contributed by atoms with Gasteiger partial charge in [0.2, 0.25) is 0 Å². The maximum absolute atomic E-state index is 11.6. The topological polar surface area (TPSA) is 58.6 Å². The lowest BCUT2D eigenvalue weighted by molar-refractivity contribution is 0.155. The molecule has 4 nitrogen and oxygen atoms in total. The van der Waals surface area contributed by atoms with Gasteiger partial charge in [0.05, 0.1) is 5.69 Å². The van der Waals surface area contributed by atoms with Gasteiger partial charge in [-0.05, 0) is 39.7 Å². The smallest absolute Gasteiger partial charge is 0.411 e. The Bertz CT molecular complexity index is 572. The number of aromatic hydroxyl groups is 1. The quantitative estimate of drug-likeness (QED) is 0.843. The molecule has 0 saturated carbocycles. The Morgan fingerprint density at radius 2 is 1.95 bits per heavy atom. The van der Waals surface area contributed by atoms with Crippen molar-refractivity contribution in [1.82, 2.24) is 0 Å². The number of halogens is 1.